The van der Waals surface area contributed by atoms with Crippen LogP contribution < -0.4 is 4.74 Å². The van der Waals surface area contributed by atoms with Gasteiger partial charge in [0.15, 0.2) is 0 Å². The molecule has 0 N–H and O–H groups in total. The third-order valence-electron chi connectivity index (χ3n) is 4.12. The van der Waals surface area contributed by atoms with Crippen molar-refractivity contribution in [3.63, 3.8) is 0 Å². The number of ether oxygens (including phenoxy) is 1. The minimum absolute atomic E-state index is 0.0262. The van der Waals surface area contributed by atoms with Crippen molar-refractivity contribution in [1.29, 1.82) is 0 Å². The highest BCUT2D eigenvalue weighted by Gasteiger charge is 2.29. The highest BCUT2D eigenvalue weighted by molar-refractivity contribution is 6.02. The van der Waals surface area contributed by atoms with Crippen molar-refractivity contribution in [2.45, 2.75) is 46.0 Å². The first-order valence-corrected chi connectivity index (χ1v) is 6.62. The molecule has 0 radical (unpaired) electrons. The largest absolute Gasteiger partial charge is 0.496 e. The minimum Gasteiger partial charge on any atom is -0.496 e. The summed E-state index contributed by atoms with van der Waals surface area (Å²) in [6, 6.07) is 2.07. The van der Waals surface area contributed by atoms with Crippen molar-refractivity contribution in [1.82, 2.24) is 0 Å². The number of ketones is 2. The van der Waals surface area contributed by atoms with E-state index in [1.54, 1.807) is 7.11 Å². The van der Waals surface area contributed by atoms with Gasteiger partial charge in [-0.3, -0.25) is 9.59 Å². The zero-order valence-electron chi connectivity index (χ0n) is 12.0. The van der Waals surface area contributed by atoms with E-state index in [2.05, 4.69) is 19.9 Å². The lowest BCUT2D eigenvalue weighted by atomic mass is 9.80. The number of carbonyl (C=O) groups is 2. The molecule has 0 spiro atoms. The van der Waals surface area contributed by atoms with E-state index in [0.717, 1.165) is 16.9 Å². The second-order valence-corrected chi connectivity index (χ2v) is 5.43. The molecule has 0 aromatic heterocycles. The van der Waals surface area contributed by atoms with Gasteiger partial charge in [0, 0.05) is 18.8 Å². The summed E-state index contributed by atoms with van der Waals surface area (Å²) in [5, 5.41) is 0. The van der Waals surface area contributed by atoms with Crippen LogP contribution in [0, 0.1) is 20.8 Å². The van der Waals surface area contributed by atoms with Gasteiger partial charge in [-0.25, -0.2) is 0 Å². The molecule has 19 heavy (non-hydrogen) atoms. The molecule has 0 aliphatic heterocycles. The van der Waals surface area contributed by atoms with Crippen LogP contribution in [0.15, 0.2) is 6.07 Å². The van der Waals surface area contributed by atoms with Crippen molar-refractivity contribution in [2.75, 3.05) is 7.11 Å². The monoisotopic (exact) mass is 260 g/mol. The maximum atomic E-state index is 11.6. The predicted octanol–water partition coefficient (Wildman–Crippen LogP) is 3.03. The average molecular weight is 260 g/mol. The third-order valence-corrected chi connectivity index (χ3v) is 4.12. The lowest BCUT2D eigenvalue weighted by Crippen LogP contribution is -2.22. The number of Topliss-reactive ketones (excluding diaryl/α,β-unsaturated/α-hetero) is 2. The van der Waals surface area contributed by atoms with Crippen molar-refractivity contribution >= 4 is 11.6 Å². The summed E-state index contributed by atoms with van der Waals surface area (Å²) in [6.07, 6.45) is 0.997. The zero-order valence-corrected chi connectivity index (χ0v) is 12.0. The summed E-state index contributed by atoms with van der Waals surface area (Å²) in [5.74, 6) is 0.885. The van der Waals surface area contributed by atoms with Crippen LogP contribution in [0.4, 0.5) is 0 Å². The molecule has 0 bridgehead atoms. The topological polar surface area (TPSA) is 43.4 Å². The molecule has 1 aromatic carbocycles. The number of hydrogen-bond donors (Lipinski definition) is 0. The van der Waals surface area contributed by atoms with Crippen molar-refractivity contribution in [2.24, 2.45) is 0 Å². The van der Waals surface area contributed by atoms with Crippen molar-refractivity contribution in [3.8, 4) is 5.75 Å². The molecule has 1 saturated carbocycles. The SMILES string of the molecule is COc1c(C2CC(=O)CC(=O)C2)cc(C)c(C)c1C. The van der Waals surface area contributed by atoms with Crippen LogP contribution in [0.5, 0.6) is 5.75 Å². The van der Waals surface area contributed by atoms with E-state index in [4.69, 9.17) is 4.74 Å². The van der Waals surface area contributed by atoms with E-state index >= 15 is 0 Å². The second-order valence-electron chi connectivity index (χ2n) is 5.43. The summed E-state index contributed by atoms with van der Waals surface area (Å²) in [4.78, 5) is 23.3. The molecule has 1 aromatic rings. The van der Waals surface area contributed by atoms with Crippen molar-refractivity contribution < 1.29 is 14.3 Å². The molecule has 1 fully saturated rings. The Morgan fingerprint density at radius 2 is 1.63 bits per heavy atom. The molecule has 102 valence electrons. The lowest BCUT2D eigenvalue weighted by Gasteiger charge is -2.25. The fraction of sp³-hybridized carbons (Fsp3) is 0.500. The molecular formula is C16H20O3. The molecule has 0 unspecified atom stereocenters. The molecule has 1 aliphatic carbocycles. The Hall–Kier alpha value is -1.64. The van der Waals surface area contributed by atoms with E-state index in [9.17, 15) is 9.59 Å². The van der Waals surface area contributed by atoms with Gasteiger partial charge in [0.1, 0.15) is 17.3 Å². The van der Waals surface area contributed by atoms with E-state index in [0.29, 0.717) is 12.8 Å². The summed E-state index contributed by atoms with van der Waals surface area (Å²) in [7, 11) is 1.65. The Balaban J connectivity index is 2.49. The van der Waals surface area contributed by atoms with Gasteiger partial charge in [0.25, 0.3) is 0 Å². The molecule has 0 amide bonds. The maximum Gasteiger partial charge on any atom is 0.140 e. The first kappa shape index (κ1) is 13.8. The number of benzene rings is 1. The normalized spacial score (nSPS) is 16.8. The Labute approximate surface area is 114 Å². The molecular weight excluding hydrogens is 240 g/mol. The summed E-state index contributed by atoms with van der Waals surface area (Å²) in [5.41, 5.74) is 4.49. The Bertz CT molecular complexity index is 527. The fourth-order valence-electron chi connectivity index (χ4n) is 2.87. The molecule has 3 heteroatoms. The second kappa shape index (κ2) is 5.16. The number of methoxy groups -OCH3 is 1. The van der Waals surface area contributed by atoms with Crippen LogP contribution in [0.25, 0.3) is 0 Å². The van der Waals surface area contributed by atoms with Crippen molar-refractivity contribution in [3.05, 3.63) is 28.3 Å². The molecule has 1 aliphatic rings. The Morgan fingerprint density at radius 3 is 2.16 bits per heavy atom. The van der Waals surface area contributed by atoms with E-state index < -0.39 is 0 Å². The zero-order chi connectivity index (χ0) is 14.2. The van der Waals surface area contributed by atoms with Crippen LogP contribution in [0.2, 0.25) is 0 Å². The van der Waals surface area contributed by atoms with Gasteiger partial charge in [-0.05, 0) is 43.0 Å². The predicted molar refractivity (Wildman–Crippen MR) is 73.8 cm³/mol. The first-order valence-electron chi connectivity index (χ1n) is 6.62. The maximum absolute atomic E-state index is 11.6. The quantitative estimate of drug-likeness (QED) is 0.768. The number of aryl methyl sites for hydroxylation is 1. The fourth-order valence-corrected chi connectivity index (χ4v) is 2.87. The number of carbonyl (C=O) groups excluding carboxylic acids is 2. The van der Waals surface area contributed by atoms with Gasteiger partial charge >= 0.3 is 0 Å². The highest BCUT2D eigenvalue weighted by Crippen LogP contribution is 2.39. The van der Waals surface area contributed by atoms with Crippen LogP contribution in [0.1, 0.15) is 47.4 Å². The van der Waals surface area contributed by atoms with Gasteiger partial charge in [-0.1, -0.05) is 6.07 Å². The van der Waals surface area contributed by atoms with Gasteiger partial charge in [-0.2, -0.15) is 0 Å². The van der Waals surface area contributed by atoms with E-state index in [-0.39, 0.29) is 23.9 Å². The third kappa shape index (κ3) is 2.55. The standard InChI is InChI=1S/C16H20O3/c1-9-5-15(16(19-4)11(3)10(9)2)12-6-13(17)8-14(18)7-12/h5,12H,6-8H2,1-4H3. The Kier molecular flexibility index (Phi) is 3.74. The molecule has 0 saturated heterocycles. The molecule has 0 heterocycles. The number of rotatable bonds is 2. The van der Waals surface area contributed by atoms with E-state index in [1.807, 2.05) is 6.92 Å². The summed E-state index contributed by atoms with van der Waals surface area (Å²) >= 11 is 0. The van der Waals surface area contributed by atoms with Gasteiger partial charge in [-0.15, -0.1) is 0 Å². The number of hydrogen-bond acceptors (Lipinski definition) is 3. The highest BCUT2D eigenvalue weighted by atomic mass is 16.5. The summed E-state index contributed by atoms with van der Waals surface area (Å²) < 4.78 is 5.51. The minimum atomic E-state index is -0.0262. The van der Waals surface area contributed by atoms with Crippen LogP contribution in [-0.2, 0) is 9.59 Å². The smallest absolute Gasteiger partial charge is 0.140 e. The average Bonchev–Trinajstić information content (AvgIpc) is 2.34. The molecule has 2 rings (SSSR count). The van der Waals surface area contributed by atoms with Gasteiger partial charge < -0.3 is 4.74 Å². The molecule has 0 atom stereocenters. The first-order chi connectivity index (χ1) is 8.93. The molecule has 3 nitrogen and oxygen atoms in total. The van der Waals surface area contributed by atoms with Crippen LogP contribution >= 0.6 is 0 Å². The Morgan fingerprint density at radius 1 is 1.05 bits per heavy atom. The van der Waals surface area contributed by atoms with Gasteiger partial charge in [0.05, 0.1) is 13.5 Å². The summed E-state index contributed by atoms with van der Waals surface area (Å²) in [6.45, 7) is 6.14. The van der Waals surface area contributed by atoms with Crippen LogP contribution in [0.3, 0.4) is 0 Å². The lowest BCUT2D eigenvalue weighted by molar-refractivity contribution is -0.130. The van der Waals surface area contributed by atoms with Gasteiger partial charge in [0.2, 0.25) is 0 Å². The van der Waals surface area contributed by atoms with Crippen LogP contribution in [-0.4, -0.2) is 18.7 Å². The van der Waals surface area contributed by atoms with E-state index in [1.165, 1.54) is 11.1 Å².